The number of hydrogen-bond acceptors (Lipinski definition) is 3. The average Bonchev–Trinajstić information content (AvgIpc) is 3.16. The molecule has 29 heavy (non-hydrogen) atoms. The zero-order chi connectivity index (χ0) is 20.1. The van der Waals surface area contributed by atoms with Gasteiger partial charge in [0.1, 0.15) is 0 Å². The number of hydrogen-bond donors (Lipinski definition) is 3. The predicted octanol–water partition coefficient (Wildman–Crippen LogP) is 4.41. The quantitative estimate of drug-likeness (QED) is 0.582. The molecular weight excluding hydrogens is 364 g/mol. The van der Waals surface area contributed by atoms with Crippen LogP contribution >= 0.6 is 0 Å². The number of nitrogens with one attached hydrogen (secondary N) is 3. The van der Waals surface area contributed by atoms with Crippen LogP contribution in [-0.2, 0) is 6.42 Å². The van der Waals surface area contributed by atoms with Crippen molar-refractivity contribution in [1.29, 1.82) is 0 Å². The van der Waals surface area contributed by atoms with Crippen molar-refractivity contribution in [1.82, 2.24) is 5.43 Å². The van der Waals surface area contributed by atoms with Gasteiger partial charge in [-0.25, -0.2) is 10.2 Å². The minimum Gasteiger partial charge on any atom is -0.308 e. The van der Waals surface area contributed by atoms with Gasteiger partial charge in [-0.1, -0.05) is 42.5 Å². The summed E-state index contributed by atoms with van der Waals surface area (Å²) >= 11 is 0. The van der Waals surface area contributed by atoms with E-state index in [-0.39, 0.29) is 11.9 Å². The van der Waals surface area contributed by atoms with Gasteiger partial charge in [0, 0.05) is 22.5 Å². The Balaban J connectivity index is 1.35. The lowest BCUT2D eigenvalue weighted by Crippen LogP contribution is -2.20. The van der Waals surface area contributed by atoms with E-state index in [0.717, 1.165) is 24.1 Å². The van der Waals surface area contributed by atoms with Crippen molar-refractivity contribution in [3.8, 4) is 0 Å². The largest absolute Gasteiger partial charge is 0.323 e. The monoisotopic (exact) mass is 384 g/mol. The van der Waals surface area contributed by atoms with Gasteiger partial charge in [0.25, 0.3) is 5.91 Å². The molecule has 4 rings (SSSR count). The number of benzene rings is 3. The highest BCUT2D eigenvalue weighted by Gasteiger charge is 2.17. The van der Waals surface area contributed by atoms with Crippen molar-refractivity contribution < 1.29 is 9.59 Å². The van der Waals surface area contributed by atoms with Crippen LogP contribution in [0.15, 0.2) is 84.0 Å². The fourth-order valence-corrected chi connectivity index (χ4v) is 3.23. The Morgan fingerprint density at radius 2 is 1.38 bits per heavy atom. The van der Waals surface area contributed by atoms with Crippen LogP contribution in [0.2, 0.25) is 0 Å². The second-order valence-corrected chi connectivity index (χ2v) is 6.68. The molecule has 3 aromatic carbocycles. The summed E-state index contributed by atoms with van der Waals surface area (Å²) in [6, 6.07) is 23.6. The second-order valence-electron chi connectivity index (χ2n) is 6.68. The summed E-state index contributed by atoms with van der Waals surface area (Å²) in [5.41, 5.74) is 7.62. The van der Waals surface area contributed by atoms with Crippen LogP contribution in [0.5, 0.6) is 0 Å². The van der Waals surface area contributed by atoms with E-state index in [0.29, 0.717) is 16.9 Å². The Morgan fingerprint density at radius 3 is 2.14 bits per heavy atom. The maximum absolute atomic E-state index is 12.4. The van der Waals surface area contributed by atoms with E-state index >= 15 is 0 Å². The fraction of sp³-hybridized carbons (Fsp3) is 0.0870. The molecule has 1 aliphatic carbocycles. The molecule has 0 aliphatic heterocycles. The smallest absolute Gasteiger partial charge is 0.308 e. The minimum absolute atomic E-state index is 0.290. The summed E-state index contributed by atoms with van der Waals surface area (Å²) in [6.45, 7) is 0. The van der Waals surface area contributed by atoms with Crippen LogP contribution in [0.4, 0.5) is 16.2 Å². The van der Waals surface area contributed by atoms with Gasteiger partial charge in [0.05, 0.1) is 5.71 Å². The number of urea groups is 1. The molecular formula is C23H20N4O2. The Bertz CT molecular complexity index is 1060. The van der Waals surface area contributed by atoms with E-state index in [4.69, 9.17) is 0 Å². The lowest BCUT2D eigenvalue weighted by molar-refractivity contribution is 0.0955. The Kier molecular flexibility index (Phi) is 5.33. The number of carbonyl (C=O) groups excluding carboxylic acids is 2. The third-order valence-electron chi connectivity index (χ3n) is 4.69. The molecule has 1 aliphatic rings. The molecule has 0 atom stereocenters. The zero-order valence-corrected chi connectivity index (χ0v) is 15.7. The van der Waals surface area contributed by atoms with Crippen molar-refractivity contribution in [2.75, 3.05) is 10.6 Å². The van der Waals surface area contributed by atoms with Crippen molar-refractivity contribution in [3.63, 3.8) is 0 Å². The first-order chi connectivity index (χ1) is 14.2. The third kappa shape index (κ3) is 4.50. The average molecular weight is 384 g/mol. The molecule has 0 unspecified atom stereocenters. The standard InChI is InChI=1S/C23H20N4O2/c28-22(27-26-21-15-12-16-6-4-5-9-20(16)21)17-10-13-19(14-11-17)25-23(29)24-18-7-2-1-3-8-18/h1-11,13-14H,12,15H2,(H,27,28)(H2,24,25,29). The van der Waals surface area contributed by atoms with Crippen LogP contribution in [0.25, 0.3) is 0 Å². The molecule has 0 aromatic heterocycles. The van der Waals surface area contributed by atoms with E-state index in [1.807, 2.05) is 36.4 Å². The maximum Gasteiger partial charge on any atom is 0.323 e. The summed E-state index contributed by atoms with van der Waals surface area (Å²) in [5, 5.41) is 9.77. The summed E-state index contributed by atoms with van der Waals surface area (Å²) in [6.07, 6.45) is 1.76. The number of aryl methyl sites for hydroxylation is 1. The maximum atomic E-state index is 12.4. The molecule has 0 spiro atoms. The molecule has 3 N–H and O–H groups in total. The molecule has 3 aromatic rings. The summed E-state index contributed by atoms with van der Waals surface area (Å²) in [7, 11) is 0. The van der Waals surface area contributed by atoms with Gasteiger partial charge in [-0.05, 0) is 54.8 Å². The van der Waals surface area contributed by atoms with E-state index in [2.05, 4.69) is 27.2 Å². The fourth-order valence-electron chi connectivity index (χ4n) is 3.23. The molecule has 0 fully saturated rings. The number of rotatable bonds is 4. The molecule has 0 radical (unpaired) electrons. The lowest BCUT2D eigenvalue weighted by atomic mass is 10.1. The van der Waals surface area contributed by atoms with Gasteiger partial charge in [-0.15, -0.1) is 0 Å². The molecule has 144 valence electrons. The van der Waals surface area contributed by atoms with E-state index in [9.17, 15) is 9.59 Å². The molecule has 3 amide bonds. The summed E-state index contributed by atoms with van der Waals surface area (Å²) < 4.78 is 0. The van der Waals surface area contributed by atoms with Gasteiger partial charge < -0.3 is 10.6 Å². The van der Waals surface area contributed by atoms with Crippen LogP contribution in [-0.4, -0.2) is 17.6 Å². The third-order valence-corrected chi connectivity index (χ3v) is 4.69. The first kappa shape index (κ1) is 18.4. The molecule has 6 heteroatoms. The number of hydrazone groups is 1. The van der Waals surface area contributed by atoms with Crippen molar-refractivity contribution in [3.05, 3.63) is 95.6 Å². The molecule has 0 heterocycles. The Labute approximate surface area is 168 Å². The first-order valence-corrected chi connectivity index (χ1v) is 9.37. The highest BCUT2D eigenvalue weighted by molar-refractivity contribution is 6.05. The first-order valence-electron chi connectivity index (χ1n) is 9.37. The Hall–Kier alpha value is -3.93. The molecule has 0 saturated carbocycles. The SMILES string of the molecule is O=C(Nc1ccccc1)Nc1ccc(C(=O)NN=C2CCc3ccccc32)cc1. The summed E-state index contributed by atoms with van der Waals surface area (Å²) in [4.78, 5) is 24.4. The van der Waals surface area contributed by atoms with E-state index in [1.165, 1.54) is 5.56 Å². The predicted molar refractivity (Wildman–Crippen MR) is 114 cm³/mol. The molecule has 0 bridgehead atoms. The zero-order valence-electron chi connectivity index (χ0n) is 15.7. The van der Waals surface area contributed by atoms with Crippen LogP contribution in [0.1, 0.15) is 27.9 Å². The minimum atomic E-state index is -0.347. The number of nitrogens with zero attached hydrogens (tertiary/aromatic N) is 1. The number of amides is 3. The van der Waals surface area contributed by atoms with Gasteiger partial charge in [0.2, 0.25) is 0 Å². The molecule has 6 nitrogen and oxygen atoms in total. The van der Waals surface area contributed by atoms with Crippen molar-refractivity contribution in [2.45, 2.75) is 12.8 Å². The topological polar surface area (TPSA) is 82.6 Å². The van der Waals surface area contributed by atoms with E-state index in [1.54, 1.807) is 36.4 Å². The van der Waals surface area contributed by atoms with Crippen molar-refractivity contribution in [2.24, 2.45) is 5.10 Å². The van der Waals surface area contributed by atoms with Gasteiger partial charge >= 0.3 is 6.03 Å². The number of anilines is 2. The molecule has 0 saturated heterocycles. The van der Waals surface area contributed by atoms with Crippen LogP contribution in [0, 0.1) is 0 Å². The van der Waals surface area contributed by atoms with Crippen LogP contribution in [0.3, 0.4) is 0 Å². The number of para-hydroxylation sites is 1. The summed E-state index contributed by atoms with van der Waals surface area (Å²) in [5.74, 6) is -0.290. The van der Waals surface area contributed by atoms with E-state index < -0.39 is 0 Å². The van der Waals surface area contributed by atoms with Gasteiger partial charge in [0.15, 0.2) is 0 Å². The highest BCUT2D eigenvalue weighted by atomic mass is 16.2. The lowest BCUT2D eigenvalue weighted by Gasteiger charge is -2.08. The number of carbonyl (C=O) groups is 2. The highest BCUT2D eigenvalue weighted by Crippen LogP contribution is 2.21. The Morgan fingerprint density at radius 1 is 0.724 bits per heavy atom. The van der Waals surface area contributed by atoms with Gasteiger partial charge in [-0.2, -0.15) is 5.10 Å². The number of fused-ring (bicyclic) bond motifs is 1. The normalized spacial score (nSPS) is 13.6. The van der Waals surface area contributed by atoms with Crippen molar-refractivity contribution >= 4 is 29.0 Å². The van der Waals surface area contributed by atoms with Crippen LogP contribution < -0.4 is 16.1 Å². The second kappa shape index (κ2) is 8.39. The van der Waals surface area contributed by atoms with Gasteiger partial charge in [-0.3, -0.25) is 4.79 Å².